The summed E-state index contributed by atoms with van der Waals surface area (Å²) in [6.07, 6.45) is 2.05. The molecule has 0 aliphatic carbocycles. The van der Waals surface area contributed by atoms with Crippen molar-refractivity contribution in [3.8, 4) is 5.75 Å². The van der Waals surface area contributed by atoms with Gasteiger partial charge in [0, 0.05) is 18.3 Å². The van der Waals surface area contributed by atoms with E-state index in [4.69, 9.17) is 15.6 Å². The number of aliphatic hydroxyl groups excluding tert-OH is 1. The summed E-state index contributed by atoms with van der Waals surface area (Å²) >= 11 is 0. The second kappa shape index (κ2) is 9.20. The molecule has 0 bridgehead atoms. The lowest BCUT2D eigenvalue weighted by Crippen LogP contribution is -2.36. The van der Waals surface area contributed by atoms with Crippen molar-refractivity contribution in [3.05, 3.63) is 18.2 Å². The molecule has 6 heteroatoms. The number of nitrogen functional groups attached to an aromatic ring is 1. The van der Waals surface area contributed by atoms with Crippen LogP contribution in [0, 0.1) is 0 Å². The molecule has 1 rings (SSSR count). The molecule has 0 fully saturated rings. The number of amides is 1. The number of hydrogen-bond acceptors (Lipinski definition) is 5. The lowest BCUT2D eigenvalue weighted by atomic mass is 10.2. The first-order valence-electron chi connectivity index (χ1n) is 7.17. The Balaban J connectivity index is 2.62. The SMILES string of the molecule is CCCCN(CCO)CC(=O)Nc1ccc(N)cc1OC. The van der Waals surface area contributed by atoms with E-state index in [0.717, 1.165) is 19.4 Å². The number of ether oxygens (including phenoxy) is 1. The Morgan fingerprint density at radius 1 is 1.43 bits per heavy atom. The van der Waals surface area contributed by atoms with Crippen LogP contribution in [-0.2, 0) is 4.79 Å². The molecule has 118 valence electrons. The molecule has 1 amide bonds. The van der Waals surface area contributed by atoms with Gasteiger partial charge in [0.2, 0.25) is 5.91 Å². The summed E-state index contributed by atoms with van der Waals surface area (Å²) in [6, 6.07) is 5.09. The maximum Gasteiger partial charge on any atom is 0.238 e. The standard InChI is InChI=1S/C15H25N3O3/c1-3-4-7-18(8-9-19)11-15(20)17-13-6-5-12(16)10-14(13)21-2/h5-6,10,19H,3-4,7-9,11,16H2,1-2H3,(H,17,20). The highest BCUT2D eigenvalue weighted by atomic mass is 16.5. The zero-order valence-electron chi connectivity index (χ0n) is 12.8. The van der Waals surface area contributed by atoms with E-state index in [1.807, 2.05) is 4.90 Å². The number of hydrogen-bond donors (Lipinski definition) is 3. The van der Waals surface area contributed by atoms with Crippen molar-refractivity contribution in [1.82, 2.24) is 4.90 Å². The molecule has 0 aliphatic heterocycles. The van der Waals surface area contributed by atoms with Crippen LogP contribution < -0.4 is 15.8 Å². The molecule has 0 aromatic heterocycles. The van der Waals surface area contributed by atoms with Crippen LogP contribution in [0.5, 0.6) is 5.75 Å². The van der Waals surface area contributed by atoms with Crippen LogP contribution in [-0.4, -0.2) is 49.3 Å². The number of aliphatic hydroxyl groups is 1. The summed E-state index contributed by atoms with van der Waals surface area (Å²) in [4.78, 5) is 14.0. The fourth-order valence-electron chi connectivity index (χ4n) is 2.00. The van der Waals surface area contributed by atoms with Gasteiger partial charge in [0.15, 0.2) is 0 Å². The summed E-state index contributed by atoms with van der Waals surface area (Å²) in [6.45, 7) is 3.67. The topological polar surface area (TPSA) is 87.8 Å². The number of methoxy groups -OCH3 is 1. The molecule has 0 atom stereocenters. The van der Waals surface area contributed by atoms with E-state index in [2.05, 4.69) is 12.2 Å². The van der Waals surface area contributed by atoms with E-state index >= 15 is 0 Å². The van der Waals surface area contributed by atoms with Crippen molar-refractivity contribution in [2.24, 2.45) is 0 Å². The zero-order chi connectivity index (χ0) is 15.7. The number of unbranched alkanes of at least 4 members (excludes halogenated alkanes) is 1. The molecule has 0 heterocycles. The van der Waals surface area contributed by atoms with Crippen LogP contribution in [0.3, 0.4) is 0 Å². The highest BCUT2D eigenvalue weighted by Crippen LogP contribution is 2.26. The highest BCUT2D eigenvalue weighted by molar-refractivity contribution is 5.94. The first-order chi connectivity index (χ1) is 10.1. The molecule has 1 aromatic rings. The number of carbonyl (C=O) groups is 1. The summed E-state index contributed by atoms with van der Waals surface area (Å²) in [5.41, 5.74) is 6.85. The van der Waals surface area contributed by atoms with Crippen LogP contribution in [0.4, 0.5) is 11.4 Å². The minimum Gasteiger partial charge on any atom is -0.494 e. The van der Waals surface area contributed by atoms with E-state index < -0.39 is 0 Å². The molecule has 6 nitrogen and oxygen atoms in total. The van der Waals surface area contributed by atoms with Crippen molar-refractivity contribution in [1.29, 1.82) is 0 Å². The molecule has 0 spiro atoms. The lowest BCUT2D eigenvalue weighted by molar-refractivity contribution is -0.117. The minimum absolute atomic E-state index is 0.0438. The normalized spacial score (nSPS) is 10.7. The van der Waals surface area contributed by atoms with Crippen molar-refractivity contribution >= 4 is 17.3 Å². The highest BCUT2D eigenvalue weighted by Gasteiger charge is 2.12. The number of anilines is 2. The molecule has 0 aliphatic rings. The fourth-order valence-corrected chi connectivity index (χ4v) is 2.00. The Hall–Kier alpha value is -1.79. The van der Waals surface area contributed by atoms with Gasteiger partial charge >= 0.3 is 0 Å². The maximum atomic E-state index is 12.1. The van der Waals surface area contributed by atoms with Gasteiger partial charge in [-0.05, 0) is 25.1 Å². The molecule has 21 heavy (non-hydrogen) atoms. The first-order valence-corrected chi connectivity index (χ1v) is 7.17. The van der Waals surface area contributed by atoms with Crippen molar-refractivity contribution in [2.45, 2.75) is 19.8 Å². The summed E-state index contributed by atoms with van der Waals surface area (Å²) < 4.78 is 5.20. The molecule has 0 saturated heterocycles. The Kier molecular flexibility index (Phi) is 7.56. The Labute approximate surface area is 125 Å². The number of nitrogens with zero attached hydrogens (tertiary/aromatic N) is 1. The van der Waals surface area contributed by atoms with E-state index in [1.54, 1.807) is 18.2 Å². The van der Waals surface area contributed by atoms with E-state index in [9.17, 15) is 4.79 Å². The minimum atomic E-state index is -0.136. The van der Waals surface area contributed by atoms with Gasteiger partial charge in [-0.2, -0.15) is 0 Å². The van der Waals surface area contributed by atoms with Gasteiger partial charge in [-0.3, -0.25) is 9.69 Å². The third-order valence-electron chi connectivity index (χ3n) is 3.11. The third kappa shape index (κ3) is 6.01. The molecular formula is C15H25N3O3. The maximum absolute atomic E-state index is 12.1. The molecule has 4 N–H and O–H groups in total. The van der Waals surface area contributed by atoms with Crippen LogP contribution in [0.1, 0.15) is 19.8 Å². The Morgan fingerprint density at radius 3 is 2.81 bits per heavy atom. The average molecular weight is 295 g/mol. The second-order valence-electron chi connectivity index (χ2n) is 4.86. The van der Waals surface area contributed by atoms with E-state index in [-0.39, 0.29) is 19.1 Å². The molecule has 1 aromatic carbocycles. The third-order valence-corrected chi connectivity index (χ3v) is 3.11. The van der Waals surface area contributed by atoms with E-state index in [0.29, 0.717) is 23.7 Å². The molecule has 0 saturated carbocycles. The van der Waals surface area contributed by atoms with Crippen LogP contribution in [0.25, 0.3) is 0 Å². The Morgan fingerprint density at radius 2 is 2.19 bits per heavy atom. The van der Waals surface area contributed by atoms with Crippen molar-refractivity contribution in [3.63, 3.8) is 0 Å². The van der Waals surface area contributed by atoms with Crippen molar-refractivity contribution in [2.75, 3.05) is 44.4 Å². The van der Waals surface area contributed by atoms with Crippen molar-refractivity contribution < 1.29 is 14.6 Å². The van der Waals surface area contributed by atoms with Gasteiger partial charge < -0.3 is 20.9 Å². The number of carbonyl (C=O) groups excluding carboxylic acids is 1. The number of nitrogens with two attached hydrogens (primary N) is 1. The van der Waals surface area contributed by atoms with Crippen LogP contribution in [0.2, 0.25) is 0 Å². The first kappa shape index (κ1) is 17.3. The fraction of sp³-hybridized carbons (Fsp3) is 0.533. The predicted octanol–water partition coefficient (Wildman–Crippen LogP) is 1.31. The number of rotatable bonds is 9. The molecule has 0 unspecified atom stereocenters. The number of benzene rings is 1. The quantitative estimate of drug-likeness (QED) is 0.598. The van der Waals surface area contributed by atoms with Gasteiger partial charge in [-0.1, -0.05) is 13.3 Å². The largest absolute Gasteiger partial charge is 0.494 e. The summed E-state index contributed by atoms with van der Waals surface area (Å²) in [5.74, 6) is 0.397. The van der Waals surface area contributed by atoms with Gasteiger partial charge in [0.25, 0.3) is 0 Å². The Bertz CT molecular complexity index is 452. The van der Waals surface area contributed by atoms with Gasteiger partial charge in [-0.15, -0.1) is 0 Å². The average Bonchev–Trinajstić information content (AvgIpc) is 2.46. The predicted molar refractivity (Wildman–Crippen MR) is 84.5 cm³/mol. The van der Waals surface area contributed by atoms with Crippen LogP contribution >= 0.6 is 0 Å². The monoisotopic (exact) mass is 295 g/mol. The van der Waals surface area contributed by atoms with Gasteiger partial charge in [-0.25, -0.2) is 0 Å². The second-order valence-corrected chi connectivity index (χ2v) is 4.86. The van der Waals surface area contributed by atoms with Gasteiger partial charge in [0.05, 0.1) is 25.9 Å². The summed E-state index contributed by atoms with van der Waals surface area (Å²) in [7, 11) is 1.53. The van der Waals surface area contributed by atoms with Gasteiger partial charge in [0.1, 0.15) is 5.75 Å². The number of nitrogens with one attached hydrogen (secondary N) is 1. The molecule has 0 radical (unpaired) electrons. The lowest BCUT2D eigenvalue weighted by Gasteiger charge is -2.20. The summed E-state index contributed by atoms with van der Waals surface area (Å²) in [5, 5.41) is 11.9. The zero-order valence-corrected chi connectivity index (χ0v) is 12.8. The molecular weight excluding hydrogens is 270 g/mol. The smallest absolute Gasteiger partial charge is 0.238 e. The van der Waals surface area contributed by atoms with E-state index in [1.165, 1.54) is 7.11 Å². The van der Waals surface area contributed by atoms with Crippen LogP contribution in [0.15, 0.2) is 18.2 Å².